The van der Waals surface area contributed by atoms with Gasteiger partial charge in [-0.25, -0.2) is 0 Å². The minimum atomic E-state index is 0.153. The van der Waals surface area contributed by atoms with E-state index >= 15 is 0 Å². The number of hydrogen-bond donors (Lipinski definition) is 2. The summed E-state index contributed by atoms with van der Waals surface area (Å²) in [7, 11) is 0. The summed E-state index contributed by atoms with van der Waals surface area (Å²) in [5.41, 5.74) is 0. The molecule has 0 aromatic carbocycles. The Morgan fingerprint density at radius 2 is 0.967 bits per heavy atom. The van der Waals surface area contributed by atoms with Gasteiger partial charge in [0.2, 0.25) is 11.8 Å². The molecule has 2 N–H and O–H groups in total. The van der Waals surface area contributed by atoms with Crippen molar-refractivity contribution in [3.8, 4) is 0 Å². The van der Waals surface area contributed by atoms with Crippen LogP contribution >= 0.6 is 0 Å². The third-order valence-corrected chi connectivity index (χ3v) is 7.40. The molecule has 0 aromatic rings. The second-order valence-corrected chi connectivity index (χ2v) is 9.84. The fourth-order valence-corrected chi connectivity index (χ4v) is 5.41. The highest BCUT2D eigenvalue weighted by molar-refractivity contribution is 5.78. The second-order valence-electron chi connectivity index (χ2n) is 9.84. The number of rotatable bonds is 10. The van der Waals surface area contributed by atoms with Gasteiger partial charge < -0.3 is 10.6 Å². The van der Waals surface area contributed by atoms with Gasteiger partial charge in [0, 0.05) is 39.3 Å². The Hall–Kier alpha value is -1.14. The first-order chi connectivity index (χ1) is 14.7. The first-order valence-electron chi connectivity index (χ1n) is 12.7. The second kappa shape index (κ2) is 13.3. The molecule has 172 valence electrons. The van der Waals surface area contributed by atoms with Crippen LogP contribution in [0.25, 0.3) is 0 Å². The molecular weight excluding hydrogens is 376 g/mol. The SMILES string of the molecule is O=C(CN1CCN(CC(=O)NCCC2CCCCC2)CC1)NCCC1CCCCC1. The lowest BCUT2D eigenvalue weighted by Crippen LogP contribution is -2.51. The van der Waals surface area contributed by atoms with Crippen LogP contribution in [-0.2, 0) is 9.59 Å². The average molecular weight is 421 g/mol. The van der Waals surface area contributed by atoms with Crippen LogP contribution in [0.2, 0.25) is 0 Å². The number of carbonyl (C=O) groups is 2. The highest BCUT2D eigenvalue weighted by atomic mass is 16.2. The molecule has 0 aromatic heterocycles. The first-order valence-corrected chi connectivity index (χ1v) is 12.7. The van der Waals surface area contributed by atoms with Gasteiger partial charge in [-0.1, -0.05) is 64.2 Å². The summed E-state index contributed by atoms with van der Waals surface area (Å²) in [5.74, 6) is 1.94. The smallest absolute Gasteiger partial charge is 0.234 e. The predicted molar refractivity (Wildman–Crippen MR) is 121 cm³/mol. The molecule has 30 heavy (non-hydrogen) atoms. The van der Waals surface area contributed by atoms with Gasteiger partial charge in [0.05, 0.1) is 13.1 Å². The van der Waals surface area contributed by atoms with Gasteiger partial charge in [-0.05, 0) is 24.7 Å². The Bertz CT molecular complexity index is 461. The molecule has 2 saturated carbocycles. The van der Waals surface area contributed by atoms with Gasteiger partial charge in [0.25, 0.3) is 0 Å². The number of hydrogen-bond acceptors (Lipinski definition) is 4. The zero-order chi connectivity index (χ0) is 21.0. The summed E-state index contributed by atoms with van der Waals surface area (Å²) in [6.45, 7) is 6.10. The average Bonchev–Trinajstić information content (AvgIpc) is 2.77. The molecule has 0 atom stereocenters. The van der Waals surface area contributed by atoms with Gasteiger partial charge in [0.15, 0.2) is 0 Å². The van der Waals surface area contributed by atoms with Gasteiger partial charge in [-0.15, -0.1) is 0 Å². The Labute approximate surface area is 183 Å². The number of nitrogens with one attached hydrogen (secondary N) is 2. The number of nitrogens with zero attached hydrogens (tertiary/aromatic N) is 2. The van der Waals surface area contributed by atoms with Crippen LogP contribution < -0.4 is 10.6 Å². The lowest BCUT2D eigenvalue weighted by atomic mass is 9.87. The van der Waals surface area contributed by atoms with Crippen molar-refractivity contribution in [2.45, 2.75) is 77.0 Å². The fraction of sp³-hybridized carbons (Fsp3) is 0.917. The zero-order valence-electron chi connectivity index (χ0n) is 19.0. The summed E-state index contributed by atoms with van der Waals surface area (Å²) < 4.78 is 0. The fourth-order valence-electron chi connectivity index (χ4n) is 5.41. The van der Waals surface area contributed by atoms with Crippen LogP contribution in [0.3, 0.4) is 0 Å². The molecule has 0 radical (unpaired) electrons. The van der Waals surface area contributed by atoms with Crippen molar-refractivity contribution in [1.82, 2.24) is 20.4 Å². The largest absolute Gasteiger partial charge is 0.355 e. The minimum absolute atomic E-state index is 0.153. The van der Waals surface area contributed by atoms with Crippen molar-refractivity contribution in [3.05, 3.63) is 0 Å². The predicted octanol–water partition coefficient (Wildman–Crippen LogP) is 2.78. The summed E-state index contributed by atoms with van der Waals surface area (Å²) in [6, 6.07) is 0. The molecule has 3 aliphatic rings. The highest BCUT2D eigenvalue weighted by Crippen LogP contribution is 2.26. The quantitative estimate of drug-likeness (QED) is 0.570. The topological polar surface area (TPSA) is 64.7 Å². The summed E-state index contributed by atoms with van der Waals surface area (Å²) in [6.07, 6.45) is 15.8. The molecular formula is C24H44N4O2. The number of carbonyl (C=O) groups excluding carboxylic acids is 2. The van der Waals surface area contributed by atoms with E-state index < -0.39 is 0 Å². The van der Waals surface area contributed by atoms with Crippen LogP contribution in [0.4, 0.5) is 0 Å². The van der Waals surface area contributed by atoms with Crippen molar-refractivity contribution in [3.63, 3.8) is 0 Å². The number of piperazine rings is 1. The Balaban J connectivity index is 1.20. The Morgan fingerprint density at radius 3 is 1.33 bits per heavy atom. The van der Waals surface area contributed by atoms with Crippen LogP contribution in [0.5, 0.6) is 0 Å². The van der Waals surface area contributed by atoms with Crippen LogP contribution in [0.1, 0.15) is 77.0 Å². The monoisotopic (exact) mass is 420 g/mol. The molecule has 2 amide bonds. The van der Waals surface area contributed by atoms with E-state index in [9.17, 15) is 9.59 Å². The lowest BCUT2D eigenvalue weighted by Gasteiger charge is -2.33. The summed E-state index contributed by atoms with van der Waals surface area (Å²) in [4.78, 5) is 28.9. The van der Waals surface area contributed by atoms with Crippen molar-refractivity contribution in [1.29, 1.82) is 0 Å². The molecule has 2 aliphatic carbocycles. The summed E-state index contributed by atoms with van der Waals surface area (Å²) in [5, 5.41) is 6.22. The molecule has 1 saturated heterocycles. The lowest BCUT2D eigenvalue weighted by molar-refractivity contribution is -0.125. The Morgan fingerprint density at radius 1 is 0.600 bits per heavy atom. The van der Waals surface area contributed by atoms with E-state index in [1.54, 1.807) is 0 Å². The van der Waals surface area contributed by atoms with Gasteiger partial charge in [-0.3, -0.25) is 19.4 Å². The minimum Gasteiger partial charge on any atom is -0.355 e. The van der Waals surface area contributed by atoms with Crippen LogP contribution in [0, 0.1) is 11.8 Å². The normalized spacial score (nSPS) is 22.7. The van der Waals surface area contributed by atoms with Crippen LogP contribution in [-0.4, -0.2) is 74.0 Å². The van der Waals surface area contributed by atoms with E-state index in [2.05, 4.69) is 20.4 Å². The maximum absolute atomic E-state index is 12.2. The molecule has 0 unspecified atom stereocenters. The van der Waals surface area contributed by atoms with E-state index in [0.717, 1.165) is 63.9 Å². The highest BCUT2D eigenvalue weighted by Gasteiger charge is 2.21. The van der Waals surface area contributed by atoms with Crippen molar-refractivity contribution in [2.24, 2.45) is 11.8 Å². The van der Waals surface area contributed by atoms with E-state index in [1.807, 2.05) is 0 Å². The zero-order valence-corrected chi connectivity index (χ0v) is 19.0. The van der Waals surface area contributed by atoms with E-state index in [4.69, 9.17) is 0 Å². The Kier molecular flexibility index (Phi) is 10.4. The maximum atomic E-state index is 12.2. The molecule has 6 nitrogen and oxygen atoms in total. The van der Waals surface area contributed by atoms with E-state index in [1.165, 1.54) is 64.2 Å². The van der Waals surface area contributed by atoms with Gasteiger partial charge in [0.1, 0.15) is 0 Å². The maximum Gasteiger partial charge on any atom is 0.234 e. The summed E-state index contributed by atoms with van der Waals surface area (Å²) >= 11 is 0. The molecule has 1 heterocycles. The van der Waals surface area contributed by atoms with Gasteiger partial charge in [-0.2, -0.15) is 0 Å². The van der Waals surface area contributed by atoms with E-state index in [-0.39, 0.29) is 11.8 Å². The first kappa shape index (κ1) is 23.5. The van der Waals surface area contributed by atoms with E-state index in [0.29, 0.717) is 13.1 Å². The molecule has 0 spiro atoms. The third kappa shape index (κ3) is 8.93. The standard InChI is InChI=1S/C24H44N4O2/c29-23(25-13-11-21-7-3-1-4-8-21)19-27-15-17-28(18-16-27)20-24(30)26-14-12-22-9-5-2-6-10-22/h21-22H,1-20H2,(H,25,29)(H,26,30). The molecule has 3 rings (SSSR count). The molecule has 3 fully saturated rings. The number of amides is 2. The van der Waals surface area contributed by atoms with Crippen molar-refractivity contribution >= 4 is 11.8 Å². The molecule has 1 aliphatic heterocycles. The molecule has 6 heteroatoms. The third-order valence-electron chi connectivity index (χ3n) is 7.40. The van der Waals surface area contributed by atoms with Gasteiger partial charge >= 0.3 is 0 Å². The van der Waals surface area contributed by atoms with Crippen molar-refractivity contribution < 1.29 is 9.59 Å². The van der Waals surface area contributed by atoms with Crippen molar-refractivity contribution in [2.75, 3.05) is 52.4 Å². The van der Waals surface area contributed by atoms with Crippen LogP contribution in [0.15, 0.2) is 0 Å². The molecule has 0 bridgehead atoms.